The van der Waals surface area contributed by atoms with Crippen LogP contribution in [0.25, 0.3) is 0 Å². The summed E-state index contributed by atoms with van der Waals surface area (Å²) in [4.78, 5) is 0. The van der Waals surface area contributed by atoms with Crippen LogP contribution in [0.15, 0.2) is 0 Å². The molecule has 0 aliphatic heterocycles. The molecular weight excluding hydrogens is 198 g/mol. The van der Waals surface area contributed by atoms with Crippen LogP contribution in [0, 0.1) is 11.3 Å². The third-order valence-electron chi connectivity index (χ3n) is 5.23. The summed E-state index contributed by atoms with van der Waals surface area (Å²) in [6.45, 7) is 5.38. The monoisotopic (exact) mass is 223 g/mol. The summed E-state index contributed by atoms with van der Waals surface area (Å²) in [5.74, 6) is 0.975. The quantitative estimate of drug-likeness (QED) is 0.774. The van der Waals surface area contributed by atoms with Gasteiger partial charge in [-0.2, -0.15) is 0 Å². The first-order chi connectivity index (χ1) is 7.76. The summed E-state index contributed by atoms with van der Waals surface area (Å²) in [5, 5.41) is 3.88. The molecule has 0 aromatic heterocycles. The van der Waals surface area contributed by atoms with Crippen LogP contribution in [0.5, 0.6) is 0 Å². The first-order valence-electron chi connectivity index (χ1n) is 7.14. The van der Waals surface area contributed by atoms with Gasteiger partial charge in [0.1, 0.15) is 0 Å². The molecule has 0 aromatic carbocycles. The van der Waals surface area contributed by atoms with E-state index in [0.717, 1.165) is 24.6 Å². The third kappa shape index (κ3) is 1.62. The van der Waals surface area contributed by atoms with E-state index in [1.807, 2.05) is 0 Å². The molecule has 2 heteroatoms. The lowest BCUT2D eigenvalue weighted by Crippen LogP contribution is -2.68. The fourth-order valence-electron chi connectivity index (χ4n) is 3.72. The Bertz CT molecular complexity index is 257. The maximum atomic E-state index is 5.88. The van der Waals surface area contributed by atoms with Gasteiger partial charge in [-0.05, 0) is 51.9 Å². The van der Waals surface area contributed by atoms with E-state index in [4.69, 9.17) is 4.74 Å². The molecule has 2 nitrogen and oxygen atoms in total. The van der Waals surface area contributed by atoms with Crippen molar-refractivity contribution in [3.63, 3.8) is 0 Å². The number of nitrogens with one attached hydrogen (secondary N) is 1. The van der Waals surface area contributed by atoms with Crippen molar-refractivity contribution >= 4 is 0 Å². The van der Waals surface area contributed by atoms with Crippen molar-refractivity contribution in [2.45, 2.75) is 70.6 Å². The minimum absolute atomic E-state index is 0.541. The summed E-state index contributed by atoms with van der Waals surface area (Å²) in [6.07, 6.45) is 8.92. The molecule has 16 heavy (non-hydrogen) atoms. The normalized spacial score (nSPS) is 37.9. The molecule has 0 bridgehead atoms. The molecule has 0 amide bonds. The minimum Gasteiger partial charge on any atom is -0.378 e. The van der Waals surface area contributed by atoms with Gasteiger partial charge < -0.3 is 10.1 Å². The molecule has 3 aliphatic rings. The van der Waals surface area contributed by atoms with Crippen molar-refractivity contribution < 1.29 is 4.74 Å². The smallest absolute Gasteiger partial charge is 0.0661 e. The lowest BCUT2D eigenvalue weighted by Gasteiger charge is -2.61. The highest BCUT2D eigenvalue weighted by Crippen LogP contribution is 2.57. The largest absolute Gasteiger partial charge is 0.378 e. The van der Waals surface area contributed by atoms with Crippen molar-refractivity contribution in [2.75, 3.05) is 6.61 Å². The molecular formula is C14H25NO. The summed E-state index contributed by atoms with van der Waals surface area (Å²) in [6, 6.07) is 1.50. The predicted octanol–water partition coefficient (Wildman–Crippen LogP) is 2.72. The standard InChI is InChI=1S/C14H25NO/c1-3-16-13-9-12(14(13)7-4-8-14)15-10(2)11-5-6-11/h10-13,15H,3-9H2,1-2H3. The molecule has 1 spiro atoms. The Morgan fingerprint density at radius 2 is 2.12 bits per heavy atom. The van der Waals surface area contributed by atoms with Crippen LogP contribution in [0.1, 0.15) is 52.4 Å². The van der Waals surface area contributed by atoms with E-state index in [-0.39, 0.29) is 0 Å². The highest BCUT2D eigenvalue weighted by molar-refractivity contribution is 5.12. The average Bonchev–Trinajstić information content (AvgIpc) is 2.96. The molecule has 0 heterocycles. The predicted molar refractivity (Wildman–Crippen MR) is 65.4 cm³/mol. The zero-order chi connectivity index (χ0) is 11.2. The molecule has 0 radical (unpaired) electrons. The molecule has 3 unspecified atom stereocenters. The van der Waals surface area contributed by atoms with Crippen molar-refractivity contribution in [3.05, 3.63) is 0 Å². The number of rotatable bonds is 5. The number of ether oxygens (including phenoxy) is 1. The first kappa shape index (κ1) is 11.0. The fourth-order valence-corrected chi connectivity index (χ4v) is 3.72. The van der Waals surface area contributed by atoms with Gasteiger partial charge in [-0.15, -0.1) is 0 Å². The van der Waals surface area contributed by atoms with E-state index in [9.17, 15) is 0 Å². The minimum atomic E-state index is 0.541. The SMILES string of the molecule is CCOC1CC(NC(C)C2CC2)C12CCC2. The maximum absolute atomic E-state index is 5.88. The van der Waals surface area contributed by atoms with Crippen LogP contribution in [0.3, 0.4) is 0 Å². The van der Waals surface area contributed by atoms with Gasteiger partial charge >= 0.3 is 0 Å². The highest BCUT2D eigenvalue weighted by Gasteiger charge is 2.59. The Kier molecular flexibility index (Phi) is 2.75. The van der Waals surface area contributed by atoms with Crippen LogP contribution in [-0.4, -0.2) is 24.8 Å². The van der Waals surface area contributed by atoms with Crippen molar-refractivity contribution in [1.82, 2.24) is 5.32 Å². The van der Waals surface area contributed by atoms with Crippen LogP contribution in [0.2, 0.25) is 0 Å². The van der Waals surface area contributed by atoms with Crippen LogP contribution in [-0.2, 0) is 4.74 Å². The summed E-state index contributed by atoms with van der Waals surface area (Å²) in [7, 11) is 0. The van der Waals surface area contributed by atoms with Gasteiger partial charge in [0.2, 0.25) is 0 Å². The van der Waals surface area contributed by atoms with E-state index < -0.39 is 0 Å². The van der Waals surface area contributed by atoms with Crippen LogP contribution >= 0.6 is 0 Å². The molecule has 3 aliphatic carbocycles. The maximum Gasteiger partial charge on any atom is 0.0661 e. The van der Waals surface area contributed by atoms with Crippen molar-refractivity contribution in [1.29, 1.82) is 0 Å². The number of hydrogen-bond donors (Lipinski definition) is 1. The second-order valence-corrected chi connectivity index (χ2v) is 6.11. The molecule has 0 aromatic rings. The molecule has 1 N–H and O–H groups in total. The van der Waals surface area contributed by atoms with Gasteiger partial charge in [-0.3, -0.25) is 0 Å². The summed E-state index contributed by atoms with van der Waals surface area (Å²) < 4.78 is 5.88. The Morgan fingerprint density at radius 3 is 2.62 bits per heavy atom. The van der Waals surface area contributed by atoms with Gasteiger partial charge in [0, 0.05) is 24.1 Å². The zero-order valence-electron chi connectivity index (χ0n) is 10.7. The van der Waals surface area contributed by atoms with E-state index in [0.29, 0.717) is 11.5 Å². The number of hydrogen-bond acceptors (Lipinski definition) is 2. The van der Waals surface area contributed by atoms with Gasteiger partial charge in [-0.25, -0.2) is 0 Å². The lowest BCUT2D eigenvalue weighted by molar-refractivity contribution is -0.174. The molecule has 3 fully saturated rings. The van der Waals surface area contributed by atoms with Crippen LogP contribution < -0.4 is 5.32 Å². The van der Waals surface area contributed by atoms with Gasteiger partial charge in [0.15, 0.2) is 0 Å². The Morgan fingerprint density at radius 1 is 1.38 bits per heavy atom. The molecule has 92 valence electrons. The van der Waals surface area contributed by atoms with E-state index in [1.165, 1.54) is 38.5 Å². The second-order valence-electron chi connectivity index (χ2n) is 6.11. The van der Waals surface area contributed by atoms with E-state index in [2.05, 4.69) is 19.2 Å². The van der Waals surface area contributed by atoms with E-state index in [1.54, 1.807) is 0 Å². The lowest BCUT2D eigenvalue weighted by atomic mass is 9.51. The molecule has 0 saturated heterocycles. The Hall–Kier alpha value is -0.0800. The van der Waals surface area contributed by atoms with Gasteiger partial charge in [0.05, 0.1) is 6.10 Å². The Labute approximate surface area is 99.1 Å². The second kappa shape index (κ2) is 3.99. The van der Waals surface area contributed by atoms with Gasteiger partial charge in [0.25, 0.3) is 0 Å². The molecule has 3 rings (SSSR count). The highest BCUT2D eigenvalue weighted by atomic mass is 16.5. The van der Waals surface area contributed by atoms with Crippen LogP contribution in [0.4, 0.5) is 0 Å². The Balaban J connectivity index is 1.56. The van der Waals surface area contributed by atoms with Crippen molar-refractivity contribution in [3.8, 4) is 0 Å². The van der Waals surface area contributed by atoms with Crippen molar-refractivity contribution in [2.24, 2.45) is 11.3 Å². The average molecular weight is 223 g/mol. The summed E-state index contributed by atoms with van der Waals surface area (Å²) in [5.41, 5.74) is 0.541. The molecule has 3 atom stereocenters. The zero-order valence-corrected chi connectivity index (χ0v) is 10.7. The summed E-state index contributed by atoms with van der Waals surface area (Å²) >= 11 is 0. The van der Waals surface area contributed by atoms with E-state index >= 15 is 0 Å². The van der Waals surface area contributed by atoms with Gasteiger partial charge in [-0.1, -0.05) is 6.42 Å². The molecule has 3 saturated carbocycles. The topological polar surface area (TPSA) is 21.3 Å². The third-order valence-corrected chi connectivity index (χ3v) is 5.23. The first-order valence-corrected chi connectivity index (χ1v) is 7.14. The fraction of sp³-hybridized carbons (Fsp3) is 1.00.